The van der Waals surface area contributed by atoms with E-state index in [1.165, 1.54) is 0 Å². The smallest absolute Gasteiger partial charge is 0.119 e. The third kappa shape index (κ3) is 1.76. The molecule has 72 valence electrons. The van der Waals surface area contributed by atoms with Gasteiger partial charge in [-0.25, -0.2) is 9.97 Å². The fraction of sp³-hybridized carbons (Fsp3) is 0.111. The van der Waals surface area contributed by atoms with Gasteiger partial charge >= 0.3 is 0 Å². The number of imidazole rings is 1. The van der Waals surface area contributed by atoms with Crippen molar-refractivity contribution in [2.24, 2.45) is 7.05 Å². The van der Waals surface area contributed by atoms with E-state index in [0.717, 1.165) is 15.0 Å². The molecule has 0 aliphatic carbocycles. The van der Waals surface area contributed by atoms with Gasteiger partial charge < -0.3 is 4.57 Å². The summed E-state index contributed by atoms with van der Waals surface area (Å²) in [4.78, 5) is 8.23. The molecule has 0 atom stereocenters. The predicted octanol–water partition coefficient (Wildman–Crippen LogP) is 2.74. The zero-order chi connectivity index (χ0) is 10.1. The van der Waals surface area contributed by atoms with Crippen molar-refractivity contribution in [2.45, 2.75) is 0 Å². The largest absolute Gasteiger partial charge is 0.334 e. The van der Waals surface area contributed by atoms with Gasteiger partial charge in [-0.2, -0.15) is 0 Å². The fourth-order valence-corrected chi connectivity index (χ4v) is 1.66. The van der Waals surface area contributed by atoms with Crippen LogP contribution in [0.2, 0.25) is 5.02 Å². The number of nitrogens with zero attached hydrogens (tertiary/aromatic N) is 3. The summed E-state index contributed by atoms with van der Waals surface area (Å²) < 4.78 is 2.75. The van der Waals surface area contributed by atoms with Crippen molar-refractivity contribution in [1.82, 2.24) is 14.5 Å². The summed E-state index contributed by atoms with van der Waals surface area (Å²) in [5, 5.41) is 0.671. The summed E-state index contributed by atoms with van der Waals surface area (Å²) in [5.41, 5.74) is 1.99. The van der Waals surface area contributed by atoms with Gasteiger partial charge in [-0.3, -0.25) is 0 Å². The molecule has 0 saturated heterocycles. The first kappa shape index (κ1) is 9.92. The van der Waals surface area contributed by atoms with Crippen LogP contribution < -0.4 is 0 Å². The Morgan fingerprint density at radius 3 is 2.79 bits per heavy atom. The van der Waals surface area contributed by atoms with Crippen LogP contribution in [0.5, 0.6) is 0 Å². The van der Waals surface area contributed by atoms with E-state index < -0.39 is 0 Å². The molecule has 0 saturated carbocycles. The van der Waals surface area contributed by atoms with Crippen LogP contribution in [0.1, 0.15) is 0 Å². The lowest BCUT2D eigenvalue weighted by molar-refractivity contribution is 0.920. The van der Waals surface area contributed by atoms with Crippen LogP contribution >= 0.6 is 34.2 Å². The first-order chi connectivity index (χ1) is 6.68. The summed E-state index contributed by atoms with van der Waals surface area (Å²) in [6.07, 6.45) is 5.34. The average Bonchev–Trinajstić information content (AvgIpc) is 2.57. The van der Waals surface area contributed by atoms with E-state index in [1.54, 1.807) is 18.7 Å². The van der Waals surface area contributed by atoms with Gasteiger partial charge in [0.15, 0.2) is 0 Å². The number of pyridine rings is 1. The molecule has 0 radical (unpaired) electrons. The molecule has 0 aliphatic heterocycles. The molecule has 0 N–H and O–H groups in total. The molecule has 3 nitrogen and oxygen atoms in total. The van der Waals surface area contributed by atoms with E-state index in [2.05, 4.69) is 32.6 Å². The van der Waals surface area contributed by atoms with E-state index in [1.807, 2.05) is 17.7 Å². The number of aromatic nitrogens is 3. The molecule has 2 aromatic heterocycles. The van der Waals surface area contributed by atoms with Crippen LogP contribution in [-0.4, -0.2) is 14.5 Å². The lowest BCUT2D eigenvalue weighted by Crippen LogP contribution is -1.91. The van der Waals surface area contributed by atoms with Crippen LogP contribution in [0.25, 0.3) is 11.3 Å². The zero-order valence-corrected chi connectivity index (χ0v) is 10.3. The maximum atomic E-state index is 5.98. The second-order valence-corrected chi connectivity index (χ2v) is 4.32. The molecule has 2 rings (SSSR count). The summed E-state index contributed by atoms with van der Waals surface area (Å²) in [6, 6.07) is 1.90. The second-order valence-electron chi connectivity index (χ2n) is 2.89. The molecule has 0 fully saturated rings. The Labute approximate surface area is 100 Å². The van der Waals surface area contributed by atoms with Gasteiger partial charge in [0, 0.05) is 18.8 Å². The van der Waals surface area contributed by atoms with Crippen molar-refractivity contribution in [3.63, 3.8) is 0 Å². The van der Waals surface area contributed by atoms with Crippen LogP contribution in [0.4, 0.5) is 0 Å². The molecule has 0 spiro atoms. The Balaban J connectivity index is 2.53. The molecule has 14 heavy (non-hydrogen) atoms. The molecular weight excluding hydrogens is 312 g/mol. The molecule has 0 amide bonds. The summed E-state index contributed by atoms with van der Waals surface area (Å²) in [6.45, 7) is 0. The number of hydrogen-bond acceptors (Lipinski definition) is 2. The average molecular weight is 320 g/mol. The zero-order valence-electron chi connectivity index (χ0n) is 7.41. The Morgan fingerprint density at radius 1 is 1.43 bits per heavy atom. The summed E-state index contributed by atoms with van der Waals surface area (Å²) in [7, 11) is 1.94. The van der Waals surface area contributed by atoms with Crippen LogP contribution in [0, 0.1) is 3.70 Å². The lowest BCUT2D eigenvalue weighted by atomic mass is 10.2. The van der Waals surface area contributed by atoms with Gasteiger partial charge in [0.25, 0.3) is 0 Å². The highest BCUT2D eigenvalue weighted by Gasteiger charge is 2.05. The van der Waals surface area contributed by atoms with Crippen molar-refractivity contribution >= 4 is 34.2 Å². The maximum Gasteiger partial charge on any atom is 0.119 e. The van der Waals surface area contributed by atoms with Crippen LogP contribution in [-0.2, 0) is 7.05 Å². The molecular formula is C9H7ClIN3. The normalized spacial score (nSPS) is 10.5. The van der Waals surface area contributed by atoms with Crippen molar-refractivity contribution in [3.8, 4) is 11.3 Å². The lowest BCUT2D eigenvalue weighted by Gasteiger charge is -2.02. The van der Waals surface area contributed by atoms with Crippen molar-refractivity contribution < 1.29 is 0 Å². The minimum Gasteiger partial charge on any atom is -0.334 e. The van der Waals surface area contributed by atoms with Crippen LogP contribution in [0.15, 0.2) is 24.8 Å². The molecule has 2 aromatic rings. The third-order valence-electron chi connectivity index (χ3n) is 1.91. The molecule has 0 aromatic carbocycles. The van der Waals surface area contributed by atoms with Crippen molar-refractivity contribution in [1.29, 1.82) is 0 Å². The first-order valence-electron chi connectivity index (χ1n) is 3.96. The standard InChI is InChI=1S/C9H7ClIN3/c1-14-5-12-4-8(14)6-2-7(10)9(11)13-3-6/h2-5H,1H3. The quantitative estimate of drug-likeness (QED) is 0.598. The highest BCUT2D eigenvalue weighted by Crippen LogP contribution is 2.23. The van der Waals surface area contributed by atoms with Gasteiger partial charge in [0.1, 0.15) is 3.70 Å². The van der Waals surface area contributed by atoms with Gasteiger partial charge in [0.05, 0.1) is 23.2 Å². The van der Waals surface area contributed by atoms with Gasteiger partial charge in [-0.1, -0.05) is 11.6 Å². The minimum atomic E-state index is 0.671. The molecule has 0 unspecified atom stereocenters. The van der Waals surface area contributed by atoms with Crippen molar-refractivity contribution in [2.75, 3.05) is 0 Å². The second kappa shape index (κ2) is 3.86. The summed E-state index contributed by atoms with van der Waals surface area (Å²) in [5.74, 6) is 0. The van der Waals surface area contributed by atoms with Gasteiger partial charge in [0.2, 0.25) is 0 Å². The fourth-order valence-electron chi connectivity index (χ4n) is 1.20. The Hall–Kier alpha value is -0.620. The third-order valence-corrected chi connectivity index (χ3v) is 3.38. The molecule has 0 bridgehead atoms. The minimum absolute atomic E-state index is 0.671. The molecule has 5 heteroatoms. The molecule has 2 heterocycles. The monoisotopic (exact) mass is 319 g/mol. The van der Waals surface area contributed by atoms with Gasteiger partial charge in [-0.05, 0) is 28.7 Å². The Kier molecular flexibility index (Phi) is 2.73. The Morgan fingerprint density at radius 2 is 2.21 bits per heavy atom. The van der Waals surface area contributed by atoms with E-state index in [0.29, 0.717) is 5.02 Å². The SMILES string of the molecule is Cn1cncc1-c1cnc(I)c(Cl)c1. The Bertz CT molecular complexity index is 467. The van der Waals surface area contributed by atoms with Crippen LogP contribution in [0.3, 0.4) is 0 Å². The predicted molar refractivity (Wildman–Crippen MR) is 64.2 cm³/mol. The number of hydrogen-bond donors (Lipinski definition) is 0. The summed E-state index contributed by atoms with van der Waals surface area (Å²) >= 11 is 8.09. The maximum absolute atomic E-state index is 5.98. The molecule has 0 aliphatic rings. The van der Waals surface area contributed by atoms with E-state index in [4.69, 9.17) is 11.6 Å². The van der Waals surface area contributed by atoms with E-state index in [9.17, 15) is 0 Å². The van der Waals surface area contributed by atoms with E-state index >= 15 is 0 Å². The highest BCUT2D eigenvalue weighted by molar-refractivity contribution is 14.1. The number of rotatable bonds is 1. The number of aryl methyl sites for hydroxylation is 1. The topological polar surface area (TPSA) is 30.7 Å². The van der Waals surface area contributed by atoms with Gasteiger partial charge in [-0.15, -0.1) is 0 Å². The van der Waals surface area contributed by atoms with E-state index in [-0.39, 0.29) is 0 Å². The first-order valence-corrected chi connectivity index (χ1v) is 5.42. The van der Waals surface area contributed by atoms with Crippen molar-refractivity contribution in [3.05, 3.63) is 33.5 Å². The number of halogens is 2. The highest BCUT2D eigenvalue weighted by atomic mass is 127.